The molecule has 0 spiro atoms. The lowest BCUT2D eigenvalue weighted by atomic mass is 9.43. The zero-order valence-corrected chi connectivity index (χ0v) is 28.6. The third-order valence-corrected chi connectivity index (χ3v) is 13.3. The number of hydrogen-bond donors (Lipinski definition) is 5. The molecule has 6 N–H and O–H groups in total. The van der Waals surface area contributed by atoms with E-state index in [1.54, 1.807) is 13.8 Å². The number of aliphatic hydroxyl groups excluding tert-OH is 1. The predicted octanol–water partition coefficient (Wildman–Crippen LogP) is 5.55. The number of aliphatic hydroxyl groups is 1. The summed E-state index contributed by atoms with van der Waals surface area (Å²) in [4.78, 5) is 0. The van der Waals surface area contributed by atoms with Crippen molar-refractivity contribution in [3.8, 4) is 0 Å². The standard InChI is InChI=1S/C34H65N3O5S/c1-23(2)31(42-43(39,40)41)12-9-24(3)27-10-11-28-32-29(14-16-34(27,28)5)33(4)15-13-26(21-25(33)22-30(32)38)37-20-8-19-36-18-7-6-17-35/h23-32,36-38H,6-22,35H2,1-5H3,(H,39,40,41)/t24-,25-,26+,27-,28?,29?,30-,31-,32?,33+,34-/m1/s1/i31D. The Morgan fingerprint density at radius 1 is 0.953 bits per heavy atom. The summed E-state index contributed by atoms with van der Waals surface area (Å²) in [5.41, 5.74) is 6.03. The average Bonchev–Trinajstić information content (AvgIpc) is 3.30. The van der Waals surface area contributed by atoms with Gasteiger partial charge < -0.3 is 21.5 Å². The highest BCUT2D eigenvalue weighted by Crippen LogP contribution is 2.68. The fourth-order valence-corrected chi connectivity index (χ4v) is 11.1. The molecule has 0 aromatic rings. The first-order valence-electron chi connectivity index (χ1n) is 18.1. The van der Waals surface area contributed by atoms with Crippen LogP contribution >= 0.6 is 0 Å². The van der Waals surface area contributed by atoms with Gasteiger partial charge in [0.05, 0.1) is 13.6 Å². The third kappa shape index (κ3) is 8.36. The van der Waals surface area contributed by atoms with Crippen molar-refractivity contribution in [3.05, 3.63) is 0 Å². The summed E-state index contributed by atoms with van der Waals surface area (Å²) >= 11 is 0. The van der Waals surface area contributed by atoms with Crippen molar-refractivity contribution in [2.75, 3.05) is 26.2 Å². The summed E-state index contributed by atoms with van der Waals surface area (Å²) in [5, 5.41) is 19.2. The van der Waals surface area contributed by atoms with Crippen LogP contribution in [-0.4, -0.2) is 62.5 Å². The van der Waals surface area contributed by atoms with Gasteiger partial charge in [-0.1, -0.05) is 34.6 Å². The van der Waals surface area contributed by atoms with Crippen molar-refractivity contribution < 1.29 is 23.6 Å². The molecule has 0 radical (unpaired) electrons. The molecule has 4 aliphatic carbocycles. The highest BCUT2D eigenvalue weighted by molar-refractivity contribution is 7.80. The number of fused-ring (bicyclic) bond motifs is 5. The topological polar surface area (TPSA) is 134 Å². The summed E-state index contributed by atoms with van der Waals surface area (Å²) in [6, 6.07) is 0.555. The molecule has 11 atom stereocenters. The van der Waals surface area contributed by atoms with E-state index in [1.807, 2.05) is 0 Å². The Hall–Kier alpha value is -0.290. The molecule has 0 amide bonds. The molecule has 4 aliphatic rings. The Balaban J connectivity index is 1.33. The monoisotopic (exact) mass is 628 g/mol. The number of hydrogen-bond acceptors (Lipinski definition) is 7. The van der Waals surface area contributed by atoms with Crippen LogP contribution in [0.15, 0.2) is 0 Å². The van der Waals surface area contributed by atoms with Crippen LogP contribution in [0.3, 0.4) is 0 Å². The molecule has 4 fully saturated rings. The Morgan fingerprint density at radius 3 is 2.35 bits per heavy atom. The van der Waals surface area contributed by atoms with Gasteiger partial charge in [0.25, 0.3) is 0 Å². The molecular formula is C34H65N3O5S. The average molecular weight is 629 g/mol. The second-order valence-electron chi connectivity index (χ2n) is 15.7. The van der Waals surface area contributed by atoms with E-state index < -0.39 is 16.5 Å². The van der Waals surface area contributed by atoms with Crippen LogP contribution in [0.4, 0.5) is 0 Å². The van der Waals surface area contributed by atoms with Crippen LogP contribution in [0.1, 0.15) is 119 Å². The normalized spacial score (nSPS) is 40.3. The smallest absolute Gasteiger partial charge is 0.393 e. The molecule has 0 bridgehead atoms. The number of unbranched alkanes of at least 4 members (excludes halogenated alkanes) is 1. The van der Waals surface area contributed by atoms with Crippen LogP contribution in [0.2, 0.25) is 0 Å². The second kappa shape index (κ2) is 15.1. The van der Waals surface area contributed by atoms with E-state index in [1.165, 1.54) is 32.1 Å². The van der Waals surface area contributed by atoms with Crippen molar-refractivity contribution in [2.24, 2.45) is 58.0 Å². The van der Waals surface area contributed by atoms with Gasteiger partial charge in [0.1, 0.15) is 0 Å². The first-order valence-corrected chi connectivity index (χ1v) is 19.0. The van der Waals surface area contributed by atoms with Crippen molar-refractivity contribution in [2.45, 2.75) is 136 Å². The molecule has 0 saturated heterocycles. The van der Waals surface area contributed by atoms with E-state index >= 15 is 0 Å². The van der Waals surface area contributed by atoms with Crippen LogP contribution in [-0.2, 0) is 14.6 Å². The lowest BCUT2D eigenvalue weighted by molar-refractivity contribution is -0.167. The minimum absolute atomic E-state index is 0.147. The van der Waals surface area contributed by atoms with E-state index in [4.69, 9.17) is 11.3 Å². The lowest BCUT2D eigenvalue weighted by Gasteiger charge is -2.62. The maximum Gasteiger partial charge on any atom is 0.397 e. The molecule has 0 aromatic carbocycles. The summed E-state index contributed by atoms with van der Waals surface area (Å²) in [7, 11) is -4.70. The highest BCUT2D eigenvalue weighted by Gasteiger charge is 2.62. The van der Waals surface area contributed by atoms with Crippen molar-refractivity contribution in [3.63, 3.8) is 0 Å². The first-order chi connectivity index (χ1) is 20.6. The van der Waals surface area contributed by atoms with Gasteiger partial charge in [-0.25, -0.2) is 4.18 Å². The summed E-state index contributed by atoms with van der Waals surface area (Å²) in [6.07, 6.45) is 11.6. The highest BCUT2D eigenvalue weighted by atomic mass is 32.3. The minimum Gasteiger partial charge on any atom is -0.393 e. The number of rotatable bonds is 16. The second-order valence-corrected chi connectivity index (χ2v) is 16.7. The van der Waals surface area contributed by atoms with Crippen LogP contribution in [0, 0.1) is 52.3 Å². The first kappa shape index (κ1) is 34.1. The van der Waals surface area contributed by atoms with Gasteiger partial charge in [-0.05, 0) is 162 Å². The van der Waals surface area contributed by atoms with Crippen LogP contribution in [0.5, 0.6) is 0 Å². The molecule has 8 nitrogen and oxygen atoms in total. The van der Waals surface area contributed by atoms with E-state index in [2.05, 4.69) is 31.4 Å². The molecule has 9 heteroatoms. The maximum atomic E-state index is 11.8. The van der Waals surface area contributed by atoms with Crippen molar-refractivity contribution >= 4 is 10.4 Å². The largest absolute Gasteiger partial charge is 0.397 e. The molecule has 3 unspecified atom stereocenters. The molecule has 0 aliphatic heterocycles. The van der Waals surface area contributed by atoms with E-state index in [0.717, 1.165) is 64.7 Å². The van der Waals surface area contributed by atoms with Gasteiger partial charge in [-0.2, -0.15) is 8.42 Å². The Bertz CT molecular complexity index is 1030. The summed E-state index contributed by atoms with van der Waals surface area (Å²) in [5.74, 6) is 2.43. The van der Waals surface area contributed by atoms with Crippen LogP contribution < -0.4 is 16.4 Å². The zero-order valence-electron chi connectivity index (χ0n) is 28.8. The fourth-order valence-electron chi connectivity index (χ4n) is 10.6. The Morgan fingerprint density at radius 2 is 1.65 bits per heavy atom. The summed E-state index contributed by atoms with van der Waals surface area (Å²) < 4.78 is 45.8. The van der Waals surface area contributed by atoms with Gasteiger partial charge in [0.2, 0.25) is 0 Å². The maximum absolute atomic E-state index is 11.8. The van der Waals surface area contributed by atoms with Crippen molar-refractivity contribution in [1.82, 2.24) is 10.6 Å². The van der Waals surface area contributed by atoms with Gasteiger partial charge in [-0.15, -0.1) is 0 Å². The molecule has 4 rings (SSSR count). The molecule has 252 valence electrons. The van der Waals surface area contributed by atoms with Crippen molar-refractivity contribution in [1.29, 1.82) is 0 Å². The van der Waals surface area contributed by atoms with Gasteiger partial charge >= 0.3 is 10.4 Å². The molecule has 43 heavy (non-hydrogen) atoms. The molecular weight excluding hydrogens is 562 g/mol. The lowest BCUT2D eigenvalue weighted by Crippen LogP contribution is -2.59. The zero-order chi connectivity index (χ0) is 32.3. The SMILES string of the molecule is [2H][C@](CC[C@@H](C)[C@H]1CCC2C3C(CC[C@@]21C)[C@@]1(C)CC[C@H](NCCCNCCCCN)C[C@@H]1C[C@H]3O)(OS(=O)(=O)O)C(C)C. The summed E-state index contributed by atoms with van der Waals surface area (Å²) in [6.45, 7) is 14.7. The van der Waals surface area contributed by atoms with E-state index in [-0.39, 0.29) is 23.9 Å². The minimum atomic E-state index is -4.70. The quantitative estimate of drug-likeness (QED) is 0.111. The van der Waals surface area contributed by atoms with Gasteiger partial charge in [0.15, 0.2) is 0 Å². The van der Waals surface area contributed by atoms with Crippen LogP contribution in [0.25, 0.3) is 0 Å². The Labute approximate surface area is 264 Å². The van der Waals surface area contributed by atoms with E-state index in [0.29, 0.717) is 53.4 Å². The predicted molar refractivity (Wildman–Crippen MR) is 174 cm³/mol. The fraction of sp³-hybridized carbons (Fsp3) is 1.00. The number of nitrogens with two attached hydrogens (primary N) is 1. The van der Waals surface area contributed by atoms with Gasteiger partial charge in [-0.3, -0.25) is 4.55 Å². The number of nitrogens with one attached hydrogen (secondary N) is 2. The van der Waals surface area contributed by atoms with Gasteiger partial charge in [0, 0.05) is 6.04 Å². The molecule has 0 aromatic heterocycles. The van der Waals surface area contributed by atoms with E-state index in [9.17, 15) is 18.1 Å². The molecule has 0 heterocycles. The Kier molecular flexibility index (Phi) is 11.9. The third-order valence-electron chi connectivity index (χ3n) is 12.9. The molecule has 4 saturated carbocycles.